The van der Waals surface area contributed by atoms with Gasteiger partial charge in [-0.25, -0.2) is 13.1 Å². The molecular weight excluding hydrogens is 480 g/mol. The molecule has 1 unspecified atom stereocenters. The Bertz CT molecular complexity index is 1360. The molecule has 1 N–H and O–H groups in total. The smallest absolute Gasteiger partial charge is 0.257 e. The molecule has 1 atom stereocenters. The molecule has 0 aromatic heterocycles. The Morgan fingerprint density at radius 1 is 0.972 bits per heavy atom. The molecule has 1 aliphatic heterocycles. The first-order valence-corrected chi connectivity index (χ1v) is 13.0. The Kier molecular flexibility index (Phi) is 7.70. The molecule has 0 bridgehead atoms. The third-order valence-corrected chi connectivity index (χ3v) is 6.60. The van der Waals surface area contributed by atoms with Crippen molar-refractivity contribution in [2.45, 2.75) is 13.3 Å². The van der Waals surface area contributed by atoms with Gasteiger partial charge in [0, 0.05) is 12.2 Å². The van der Waals surface area contributed by atoms with Crippen LogP contribution >= 0.6 is 0 Å². The van der Waals surface area contributed by atoms with Crippen molar-refractivity contribution in [2.75, 3.05) is 18.2 Å². The summed E-state index contributed by atoms with van der Waals surface area (Å²) in [5, 5.41) is 0.914. The highest BCUT2D eigenvalue weighted by Crippen LogP contribution is 2.33. The summed E-state index contributed by atoms with van der Waals surface area (Å²) in [5.41, 5.74) is 1.90. The highest BCUT2D eigenvalue weighted by Gasteiger charge is 2.33. The number of hydrogen-bond donors (Lipinski definition) is 1. The van der Waals surface area contributed by atoms with Crippen LogP contribution in [-0.4, -0.2) is 33.6 Å². The van der Waals surface area contributed by atoms with Crippen molar-refractivity contribution in [3.8, 4) is 11.5 Å². The summed E-state index contributed by atoms with van der Waals surface area (Å²) in [6.07, 6.45) is 1.36. The van der Waals surface area contributed by atoms with Crippen LogP contribution in [0.1, 0.15) is 18.1 Å². The maximum atomic E-state index is 13.6. The minimum Gasteiger partial charge on any atom is -0.454 e. The van der Waals surface area contributed by atoms with E-state index in [1.807, 2.05) is 12.1 Å². The second-order valence-electron chi connectivity index (χ2n) is 8.09. The van der Waals surface area contributed by atoms with E-state index in [1.54, 1.807) is 73.7 Å². The first-order valence-electron chi connectivity index (χ1n) is 11.4. The van der Waals surface area contributed by atoms with E-state index in [0.717, 1.165) is 5.41 Å². The van der Waals surface area contributed by atoms with Crippen molar-refractivity contribution >= 4 is 33.6 Å². The minimum absolute atomic E-state index is 0.0252. The van der Waals surface area contributed by atoms with Crippen LogP contribution in [-0.2, 0) is 26.0 Å². The fourth-order valence-corrected chi connectivity index (χ4v) is 4.66. The highest BCUT2D eigenvalue weighted by molar-refractivity contribution is 7.93. The number of rotatable bonds is 9. The van der Waals surface area contributed by atoms with E-state index in [2.05, 4.69) is 4.72 Å². The molecule has 0 radical (unpaired) electrons. The van der Waals surface area contributed by atoms with Crippen molar-refractivity contribution in [2.24, 2.45) is 5.92 Å². The first kappa shape index (κ1) is 25.0. The molecule has 0 spiro atoms. The van der Waals surface area contributed by atoms with Gasteiger partial charge in [0.25, 0.3) is 10.0 Å². The summed E-state index contributed by atoms with van der Waals surface area (Å²) in [5.74, 6) is -1.65. The van der Waals surface area contributed by atoms with Crippen molar-refractivity contribution in [1.82, 2.24) is 4.72 Å². The number of sulfonamides is 1. The van der Waals surface area contributed by atoms with Gasteiger partial charge in [0.05, 0.1) is 5.41 Å². The Morgan fingerprint density at radius 3 is 2.33 bits per heavy atom. The number of hydrogen-bond acceptors (Lipinski definition) is 6. The zero-order valence-electron chi connectivity index (χ0n) is 19.7. The number of anilines is 1. The van der Waals surface area contributed by atoms with Crippen LogP contribution in [0.4, 0.5) is 5.69 Å². The van der Waals surface area contributed by atoms with Gasteiger partial charge in [0.1, 0.15) is 5.92 Å². The Hall–Kier alpha value is -4.11. The van der Waals surface area contributed by atoms with Crippen LogP contribution in [0.5, 0.6) is 11.5 Å². The Labute approximate surface area is 210 Å². The number of nitrogens with one attached hydrogen (secondary N) is 1. The largest absolute Gasteiger partial charge is 0.454 e. The number of benzene rings is 3. The van der Waals surface area contributed by atoms with Gasteiger partial charge in [0.2, 0.25) is 18.6 Å². The lowest BCUT2D eigenvalue weighted by atomic mass is 9.96. The number of carbonyl (C=O) groups is 2. The SMILES string of the molecule is CCN(C(=O)C(Cc1ccc2c(c1)OCO2)C(=O)NS(=O)(=O)C=Cc1ccccc1)c1ccccc1. The van der Waals surface area contributed by atoms with E-state index in [0.29, 0.717) is 34.9 Å². The van der Waals surface area contributed by atoms with Gasteiger partial charge in [0.15, 0.2) is 11.5 Å². The van der Waals surface area contributed by atoms with Crippen LogP contribution in [0.2, 0.25) is 0 Å². The van der Waals surface area contributed by atoms with Gasteiger partial charge in [-0.1, -0.05) is 54.6 Å². The third kappa shape index (κ3) is 6.11. The van der Waals surface area contributed by atoms with Crippen LogP contribution in [0.25, 0.3) is 6.08 Å². The van der Waals surface area contributed by atoms with E-state index in [4.69, 9.17) is 9.47 Å². The number of carbonyl (C=O) groups excluding carboxylic acids is 2. The monoisotopic (exact) mass is 506 g/mol. The molecule has 3 aromatic rings. The van der Waals surface area contributed by atoms with Crippen LogP contribution in [0, 0.1) is 5.92 Å². The number of amides is 2. The van der Waals surface area contributed by atoms with Crippen molar-refractivity contribution in [3.63, 3.8) is 0 Å². The predicted octanol–water partition coefficient (Wildman–Crippen LogP) is 3.74. The number of nitrogens with zero attached hydrogens (tertiary/aromatic N) is 1. The first-order chi connectivity index (χ1) is 17.4. The summed E-state index contributed by atoms with van der Waals surface area (Å²) in [7, 11) is -4.15. The average Bonchev–Trinajstić information content (AvgIpc) is 3.35. The van der Waals surface area contributed by atoms with Gasteiger partial charge in [-0.05, 0) is 54.8 Å². The van der Waals surface area contributed by atoms with Gasteiger partial charge >= 0.3 is 0 Å². The highest BCUT2D eigenvalue weighted by atomic mass is 32.2. The minimum atomic E-state index is -4.15. The van der Waals surface area contributed by atoms with E-state index >= 15 is 0 Å². The molecular formula is C27H26N2O6S. The second kappa shape index (κ2) is 11.1. The number of para-hydroxylation sites is 1. The zero-order chi connectivity index (χ0) is 25.5. The van der Waals surface area contributed by atoms with Gasteiger partial charge in [-0.2, -0.15) is 0 Å². The second-order valence-corrected chi connectivity index (χ2v) is 9.65. The normalized spacial score (nSPS) is 13.4. The lowest BCUT2D eigenvalue weighted by Crippen LogP contribution is -2.46. The van der Waals surface area contributed by atoms with E-state index in [9.17, 15) is 18.0 Å². The summed E-state index contributed by atoms with van der Waals surface area (Å²) in [4.78, 5) is 28.4. The summed E-state index contributed by atoms with van der Waals surface area (Å²) < 4.78 is 38.1. The van der Waals surface area contributed by atoms with Gasteiger partial charge in [-0.15, -0.1) is 0 Å². The van der Waals surface area contributed by atoms with Crippen molar-refractivity contribution in [3.05, 3.63) is 95.4 Å². The molecule has 3 aromatic carbocycles. The molecule has 9 heteroatoms. The van der Waals surface area contributed by atoms with Crippen LogP contribution < -0.4 is 19.1 Å². The summed E-state index contributed by atoms with van der Waals surface area (Å²) in [6, 6.07) is 22.9. The fraction of sp³-hybridized carbons (Fsp3) is 0.185. The predicted molar refractivity (Wildman–Crippen MR) is 137 cm³/mol. The fourth-order valence-electron chi connectivity index (χ4n) is 3.84. The van der Waals surface area contributed by atoms with E-state index in [-0.39, 0.29) is 13.2 Å². The van der Waals surface area contributed by atoms with Crippen molar-refractivity contribution in [1.29, 1.82) is 0 Å². The molecule has 0 fully saturated rings. The average molecular weight is 507 g/mol. The molecule has 1 heterocycles. The molecule has 0 aliphatic carbocycles. The lowest BCUT2D eigenvalue weighted by Gasteiger charge is -2.26. The number of fused-ring (bicyclic) bond motifs is 1. The molecule has 36 heavy (non-hydrogen) atoms. The van der Waals surface area contributed by atoms with Crippen LogP contribution in [0.15, 0.2) is 84.3 Å². The molecule has 4 rings (SSSR count). The third-order valence-electron chi connectivity index (χ3n) is 5.62. The Balaban J connectivity index is 1.60. The Morgan fingerprint density at radius 2 is 1.64 bits per heavy atom. The quantitative estimate of drug-likeness (QED) is 0.444. The molecule has 0 saturated carbocycles. The summed E-state index contributed by atoms with van der Waals surface area (Å²) in [6.45, 7) is 2.18. The van der Waals surface area contributed by atoms with Gasteiger partial charge < -0.3 is 14.4 Å². The maximum absolute atomic E-state index is 13.6. The van der Waals surface area contributed by atoms with E-state index < -0.39 is 27.8 Å². The van der Waals surface area contributed by atoms with Crippen LogP contribution in [0.3, 0.4) is 0 Å². The molecule has 186 valence electrons. The molecule has 0 saturated heterocycles. The van der Waals surface area contributed by atoms with E-state index in [1.165, 1.54) is 11.0 Å². The topological polar surface area (TPSA) is 102 Å². The zero-order valence-corrected chi connectivity index (χ0v) is 20.5. The number of ether oxygens (including phenoxy) is 2. The molecule has 8 nitrogen and oxygen atoms in total. The standard InChI is InChI=1S/C27H26N2O6S/c1-2-29(22-11-7-4-8-12-22)27(31)23(17-21-13-14-24-25(18-21)35-19-34-24)26(30)28-36(32,33)16-15-20-9-5-3-6-10-20/h3-16,18,23H,2,17,19H2,1H3,(H,28,30). The van der Waals surface area contributed by atoms with Crippen molar-refractivity contribution < 1.29 is 27.5 Å². The lowest BCUT2D eigenvalue weighted by molar-refractivity contribution is -0.132. The molecule has 2 amide bonds. The molecule has 1 aliphatic rings. The maximum Gasteiger partial charge on any atom is 0.257 e. The van der Waals surface area contributed by atoms with Gasteiger partial charge in [-0.3, -0.25) is 9.59 Å². The summed E-state index contributed by atoms with van der Waals surface area (Å²) >= 11 is 0.